The SMILES string of the molecule is COc1ccc(C)cc1Nc1cccc(F)c1N. The first-order valence-corrected chi connectivity index (χ1v) is 5.57. The molecule has 2 aromatic carbocycles. The molecule has 0 spiro atoms. The number of rotatable bonds is 3. The number of nitrogens with one attached hydrogen (secondary N) is 1. The van der Waals surface area contributed by atoms with E-state index < -0.39 is 5.82 Å². The summed E-state index contributed by atoms with van der Waals surface area (Å²) in [5.74, 6) is 0.246. The number of para-hydroxylation sites is 1. The van der Waals surface area contributed by atoms with Crippen LogP contribution >= 0.6 is 0 Å². The van der Waals surface area contributed by atoms with Crippen molar-refractivity contribution < 1.29 is 9.13 Å². The van der Waals surface area contributed by atoms with Crippen LogP contribution in [0.5, 0.6) is 5.75 Å². The number of methoxy groups -OCH3 is 1. The van der Waals surface area contributed by atoms with Gasteiger partial charge in [-0.3, -0.25) is 0 Å². The summed E-state index contributed by atoms with van der Waals surface area (Å²) in [7, 11) is 1.59. The molecule has 0 unspecified atom stereocenters. The van der Waals surface area contributed by atoms with Crippen molar-refractivity contribution in [2.45, 2.75) is 6.92 Å². The molecule has 2 aromatic rings. The average Bonchev–Trinajstić information content (AvgIpc) is 2.35. The summed E-state index contributed by atoms with van der Waals surface area (Å²) >= 11 is 0. The molecule has 4 heteroatoms. The molecule has 3 nitrogen and oxygen atoms in total. The van der Waals surface area contributed by atoms with Crippen molar-refractivity contribution in [2.75, 3.05) is 18.2 Å². The lowest BCUT2D eigenvalue weighted by molar-refractivity contribution is 0.416. The Morgan fingerprint density at radius 2 is 1.94 bits per heavy atom. The number of hydrogen-bond acceptors (Lipinski definition) is 3. The van der Waals surface area contributed by atoms with Crippen LogP contribution in [0.15, 0.2) is 36.4 Å². The minimum absolute atomic E-state index is 0.0982. The van der Waals surface area contributed by atoms with Gasteiger partial charge in [-0.15, -0.1) is 0 Å². The zero-order valence-corrected chi connectivity index (χ0v) is 10.3. The highest BCUT2D eigenvalue weighted by molar-refractivity contribution is 5.75. The zero-order chi connectivity index (χ0) is 13.1. The van der Waals surface area contributed by atoms with Gasteiger partial charge in [0.05, 0.1) is 24.2 Å². The second-order valence-electron chi connectivity index (χ2n) is 4.03. The Morgan fingerprint density at radius 3 is 2.67 bits per heavy atom. The molecular weight excluding hydrogens is 231 g/mol. The Labute approximate surface area is 105 Å². The van der Waals surface area contributed by atoms with Gasteiger partial charge in [0.25, 0.3) is 0 Å². The molecule has 0 aliphatic carbocycles. The number of anilines is 3. The van der Waals surface area contributed by atoms with Gasteiger partial charge in [0.2, 0.25) is 0 Å². The van der Waals surface area contributed by atoms with Crippen molar-refractivity contribution in [2.24, 2.45) is 0 Å². The fourth-order valence-electron chi connectivity index (χ4n) is 1.71. The van der Waals surface area contributed by atoms with Gasteiger partial charge in [0.1, 0.15) is 11.6 Å². The predicted molar refractivity (Wildman–Crippen MR) is 71.8 cm³/mol. The molecule has 3 N–H and O–H groups in total. The lowest BCUT2D eigenvalue weighted by atomic mass is 10.2. The van der Waals surface area contributed by atoms with E-state index in [1.807, 2.05) is 25.1 Å². The van der Waals surface area contributed by atoms with E-state index >= 15 is 0 Å². The number of ether oxygens (including phenoxy) is 1. The largest absolute Gasteiger partial charge is 0.495 e. The van der Waals surface area contributed by atoms with Gasteiger partial charge in [-0.25, -0.2) is 4.39 Å². The highest BCUT2D eigenvalue weighted by atomic mass is 19.1. The van der Waals surface area contributed by atoms with Gasteiger partial charge < -0.3 is 15.8 Å². The van der Waals surface area contributed by atoms with Gasteiger partial charge in [-0.1, -0.05) is 12.1 Å². The molecule has 0 atom stereocenters. The molecule has 0 aromatic heterocycles. The maximum atomic E-state index is 13.3. The molecule has 0 amide bonds. The van der Waals surface area contributed by atoms with Gasteiger partial charge in [-0.2, -0.15) is 0 Å². The van der Waals surface area contributed by atoms with Crippen molar-refractivity contribution >= 4 is 17.1 Å². The molecule has 0 bridgehead atoms. The molecule has 18 heavy (non-hydrogen) atoms. The van der Waals surface area contributed by atoms with Crippen LogP contribution in [0.25, 0.3) is 0 Å². The van der Waals surface area contributed by atoms with Gasteiger partial charge in [0.15, 0.2) is 0 Å². The fraction of sp³-hybridized carbons (Fsp3) is 0.143. The number of nitrogens with two attached hydrogens (primary N) is 1. The molecule has 94 valence electrons. The molecule has 0 aliphatic heterocycles. The molecular formula is C14H15FN2O. The first-order chi connectivity index (χ1) is 8.61. The lowest BCUT2D eigenvalue weighted by Gasteiger charge is -2.13. The van der Waals surface area contributed by atoms with Crippen LogP contribution in [0.2, 0.25) is 0 Å². The number of halogens is 1. The summed E-state index contributed by atoms with van der Waals surface area (Å²) in [5.41, 5.74) is 8.14. The second kappa shape index (κ2) is 4.96. The van der Waals surface area contributed by atoms with Crippen LogP contribution in [0.4, 0.5) is 21.5 Å². The predicted octanol–water partition coefficient (Wildman–Crippen LogP) is 3.47. The second-order valence-corrected chi connectivity index (χ2v) is 4.03. The summed E-state index contributed by atoms with van der Waals surface area (Å²) in [6.45, 7) is 1.97. The van der Waals surface area contributed by atoms with E-state index in [1.165, 1.54) is 6.07 Å². The summed E-state index contributed by atoms with van der Waals surface area (Å²) in [6, 6.07) is 10.4. The monoisotopic (exact) mass is 246 g/mol. The minimum atomic E-state index is -0.438. The van der Waals surface area contributed by atoms with Gasteiger partial charge in [-0.05, 0) is 36.8 Å². The smallest absolute Gasteiger partial charge is 0.148 e. The maximum absolute atomic E-state index is 13.3. The van der Waals surface area contributed by atoms with Gasteiger partial charge in [0, 0.05) is 0 Å². The van der Waals surface area contributed by atoms with E-state index in [1.54, 1.807) is 19.2 Å². The van der Waals surface area contributed by atoms with Crippen LogP contribution < -0.4 is 15.8 Å². The highest BCUT2D eigenvalue weighted by Gasteiger charge is 2.08. The standard InChI is InChI=1S/C14H15FN2O/c1-9-6-7-13(18-2)12(8-9)17-11-5-3-4-10(15)14(11)16/h3-8,17H,16H2,1-2H3. The zero-order valence-electron chi connectivity index (χ0n) is 10.3. The highest BCUT2D eigenvalue weighted by Crippen LogP contribution is 2.31. The molecule has 0 saturated carbocycles. The average molecular weight is 246 g/mol. The first kappa shape index (κ1) is 12.2. The quantitative estimate of drug-likeness (QED) is 0.815. The van der Waals surface area contributed by atoms with E-state index in [4.69, 9.17) is 10.5 Å². The summed E-state index contributed by atoms with van der Waals surface area (Å²) in [6.07, 6.45) is 0. The molecule has 0 aliphatic rings. The fourth-order valence-corrected chi connectivity index (χ4v) is 1.71. The third-order valence-electron chi connectivity index (χ3n) is 2.68. The Morgan fingerprint density at radius 1 is 1.17 bits per heavy atom. The molecule has 0 fully saturated rings. The van der Waals surface area contributed by atoms with Crippen LogP contribution in [0.1, 0.15) is 5.56 Å². The maximum Gasteiger partial charge on any atom is 0.148 e. The van der Waals surface area contributed by atoms with E-state index in [0.717, 1.165) is 11.3 Å². The third-order valence-corrected chi connectivity index (χ3v) is 2.68. The summed E-state index contributed by atoms with van der Waals surface area (Å²) < 4.78 is 18.6. The molecule has 2 rings (SSSR count). The Hall–Kier alpha value is -2.23. The van der Waals surface area contributed by atoms with Crippen molar-refractivity contribution in [3.8, 4) is 5.75 Å². The minimum Gasteiger partial charge on any atom is -0.495 e. The number of hydrogen-bond donors (Lipinski definition) is 2. The number of benzene rings is 2. The topological polar surface area (TPSA) is 47.3 Å². The molecule has 0 saturated heterocycles. The number of nitrogen functional groups attached to an aromatic ring is 1. The van der Waals surface area contributed by atoms with Crippen LogP contribution in [-0.2, 0) is 0 Å². The van der Waals surface area contributed by atoms with Crippen LogP contribution in [0, 0.1) is 12.7 Å². The van der Waals surface area contributed by atoms with E-state index in [2.05, 4.69) is 5.32 Å². The Bertz CT molecular complexity index is 570. The lowest BCUT2D eigenvalue weighted by Crippen LogP contribution is -2.00. The van der Waals surface area contributed by atoms with Crippen molar-refractivity contribution in [1.82, 2.24) is 0 Å². The third kappa shape index (κ3) is 2.37. The first-order valence-electron chi connectivity index (χ1n) is 5.57. The van der Waals surface area contributed by atoms with Gasteiger partial charge >= 0.3 is 0 Å². The van der Waals surface area contributed by atoms with Crippen molar-refractivity contribution in [1.29, 1.82) is 0 Å². The van der Waals surface area contributed by atoms with E-state index in [-0.39, 0.29) is 5.69 Å². The summed E-state index contributed by atoms with van der Waals surface area (Å²) in [4.78, 5) is 0. The van der Waals surface area contributed by atoms with Crippen LogP contribution in [0.3, 0.4) is 0 Å². The molecule has 0 radical (unpaired) electrons. The normalized spacial score (nSPS) is 10.2. The number of aryl methyl sites for hydroxylation is 1. The van der Waals surface area contributed by atoms with E-state index in [0.29, 0.717) is 11.4 Å². The van der Waals surface area contributed by atoms with E-state index in [9.17, 15) is 4.39 Å². The Balaban J connectivity index is 2.39. The summed E-state index contributed by atoms with van der Waals surface area (Å²) in [5, 5.41) is 3.08. The van der Waals surface area contributed by atoms with Crippen molar-refractivity contribution in [3.63, 3.8) is 0 Å². The molecule has 0 heterocycles. The van der Waals surface area contributed by atoms with Crippen LogP contribution in [-0.4, -0.2) is 7.11 Å². The van der Waals surface area contributed by atoms with Crippen molar-refractivity contribution in [3.05, 3.63) is 47.8 Å². The Kier molecular flexibility index (Phi) is 3.37.